The van der Waals surface area contributed by atoms with Crippen molar-refractivity contribution < 1.29 is 0 Å². The van der Waals surface area contributed by atoms with Crippen molar-refractivity contribution in [3.05, 3.63) is 125 Å². The predicted molar refractivity (Wildman–Crippen MR) is 147 cm³/mol. The van der Waals surface area contributed by atoms with Crippen molar-refractivity contribution in [3.8, 4) is 0 Å². The van der Waals surface area contributed by atoms with Gasteiger partial charge in [0.15, 0.2) is 0 Å². The number of rotatable bonds is 9. The molecule has 0 aliphatic carbocycles. The third-order valence-electron chi connectivity index (χ3n) is 6.15. The summed E-state index contributed by atoms with van der Waals surface area (Å²) in [6, 6.07) is 39.3. The fourth-order valence-corrected chi connectivity index (χ4v) is 13.1. The molecule has 0 radical (unpaired) electrons. The third kappa shape index (κ3) is 6.46. The van der Waals surface area contributed by atoms with E-state index in [4.69, 9.17) is 23.2 Å². The van der Waals surface area contributed by atoms with Gasteiger partial charge in [-0.25, -0.2) is 0 Å². The van der Waals surface area contributed by atoms with E-state index in [1.807, 2.05) is 0 Å². The minimum atomic E-state index is -1.46. The zero-order chi connectivity index (χ0) is 22.2. The first kappa shape index (κ1) is 23.1. The van der Waals surface area contributed by atoms with Gasteiger partial charge in [0.05, 0.1) is 9.52 Å². The maximum Gasteiger partial charge on any atom is 0.103 e. The first-order valence-electron chi connectivity index (χ1n) is 11.3. The molecule has 4 heteroatoms. The molecule has 0 aromatic heterocycles. The zero-order valence-corrected chi connectivity index (χ0v) is 22.2. The Morgan fingerprint density at radius 2 is 1.12 bits per heavy atom. The maximum atomic E-state index is 6.25. The van der Waals surface area contributed by atoms with E-state index >= 15 is 0 Å². The van der Waals surface area contributed by atoms with Crippen molar-refractivity contribution in [2.24, 2.45) is 0 Å². The second kappa shape index (κ2) is 11.7. The first-order valence-corrected chi connectivity index (χ1v) is 15.4. The van der Waals surface area contributed by atoms with Gasteiger partial charge in [0.1, 0.15) is 8.80 Å². The molecule has 0 nitrogen and oxygen atoms in total. The summed E-state index contributed by atoms with van der Waals surface area (Å²) in [5.41, 5.74) is 1.43. The molecule has 4 rings (SSSR count). The number of hydrogen-bond acceptors (Lipinski definition) is 0. The van der Waals surface area contributed by atoms with Crippen molar-refractivity contribution in [3.63, 3.8) is 0 Å². The Morgan fingerprint density at radius 1 is 0.625 bits per heavy atom. The van der Waals surface area contributed by atoms with Gasteiger partial charge in [-0.1, -0.05) is 130 Å². The summed E-state index contributed by atoms with van der Waals surface area (Å²) in [4.78, 5) is 0. The van der Waals surface area contributed by atoms with Gasteiger partial charge in [-0.2, -0.15) is 0 Å². The summed E-state index contributed by atoms with van der Waals surface area (Å²) in [6.07, 6.45) is 3.63. The van der Waals surface area contributed by atoms with Crippen LogP contribution < -0.4 is 15.6 Å². The Balaban J connectivity index is 1.65. The molecule has 0 bridgehead atoms. The van der Waals surface area contributed by atoms with E-state index in [0.717, 1.165) is 21.6 Å². The van der Waals surface area contributed by atoms with Crippen molar-refractivity contribution >= 4 is 57.1 Å². The maximum absolute atomic E-state index is 6.25. The summed E-state index contributed by atoms with van der Waals surface area (Å²) < 4.78 is 0. The highest BCUT2D eigenvalue weighted by Gasteiger charge is 2.27. The van der Waals surface area contributed by atoms with Crippen LogP contribution in [-0.4, -0.2) is 18.3 Å². The molecule has 1 atom stereocenters. The lowest BCUT2D eigenvalue weighted by Gasteiger charge is -2.27. The van der Waals surface area contributed by atoms with Crippen LogP contribution in [0.25, 0.3) is 0 Å². The molecule has 0 amide bonds. The molecule has 162 valence electrons. The van der Waals surface area contributed by atoms with Crippen LogP contribution in [0, 0.1) is 0 Å². The van der Waals surface area contributed by atoms with Crippen LogP contribution >= 0.6 is 23.2 Å². The molecule has 0 saturated heterocycles. The van der Waals surface area contributed by atoms with Crippen LogP contribution in [0.15, 0.2) is 109 Å². The summed E-state index contributed by atoms with van der Waals surface area (Å²) in [5, 5.41) is 6.85. The van der Waals surface area contributed by atoms with Crippen LogP contribution in [-0.2, 0) is 6.42 Å². The van der Waals surface area contributed by atoms with Crippen LogP contribution in [0.4, 0.5) is 0 Å². The molecule has 0 unspecified atom stereocenters. The van der Waals surface area contributed by atoms with E-state index in [9.17, 15) is 0 Å². The molecule has 4 aromatic rings. The normalized spacial score (nSPS) is 12.5. The average Bonchev–Trinajstić information content (AvgIpc) is 2.83. The summed E-state index contributed by atoms with van der Waals surface area (Å²) in [6.45, 7) is 0. The Morgan fingerprint density at radius 3 is 1.66 bits per heavy atom. The standard InChI is InChI=1S/C28H28Cl2Si2/c29-23-14-18-26(19-15-23)32(27-20-16-24(30)17-21-27)28(31-25-11-5-2-6-12-25)13-7-10-22-8-3-1-4-9-22/h1-6,8-9,11-12,14-21,28,32H,7,10,13,31H2/t28-/m1/s1. The molecule has 0 fully saturated rings. The van der Waals surface area contributed by atoms with E-state index in [1.54, 1.807) is 5.19 Å². The Bertz CT molecular complexity index is 1040. The SMILES string of the molecule is Clc1ccc([SiH](c2ccc(Cl)cc2)[C@H](CCCc2ccccc2)[SiH2]c2ccccc2)cc1. The Kier molecular flexibility index (Phi) is 8.41. The van der Waals surface area contributed by atoms with E-state index in [0.29, 0.717) is 0 Å². The molecule has 0 N–H and O–H groups in total. The van der Waals surface area contributed by atoms with Crippen LogP contribution in [0.2, 0.25) is 15.2 Å². The zero-order valence-electron chi connectivity index (χ0n) is 18.1. The van der Waals surface area contributed by atoms with Gasteiger partial charge in [-0.15, -0.1) is 0 Å². The van der Waals surface area contributed by atoms with E-state index in [2.05, 4.69) is 109 Å². The molecule has 4 aromatic carbocycles. The second-order valence-electron chi connectivity index (χ2n) is 8.41. The molecular formula is C28H28Cl2Si2. The van der Waals surface area contributed by atoms with Gasteiger partial charge >= 0.3 is 0 Å². The van der Waals surface area contributed by atoms with Crippen molar-refractivity contribution in [1.82, 2.24) is 0 Å². The largest absolute Gasteiger partial charge is 0.103 e. The summed E-state index contributed by atoms with van der Waals surface area (Å²) in [5.74, 6) is 0. The molecule has 0 aliphatic heterocycles. The lowest BCUT2D eigenvalue weighted by molar-refractivity contribution is 0.766. The van der Waals surface area contributed by atoms with Crippen molar-refractivity contribution in [2.75, 3.05) is 0 Å². The highest BCUT2D eigenvalue weighted by atomic mass is 35.5. The van der Waals surface area contributed by atoms with Gasteiger partial charge in [-0.05, 0) is 47.8 Å². The minimum Gasteiger partial charge on any atom is -0.0843 e. The number of hydrogen-bond donors (Lipinski definition) is 0. The third-order valence-corrected chi connectivity index (χ3v) is 14.1. The van der Waals surface area contributed by atoms with E-state index < -0.39 is 18.3 Å². The smallest absolute Gasteiger partial charge is 0.0843 e. The summed E-state index contributed by atoms with van der Waals surface area (Å²) >= 11 is 12.5. The Labute approximate surface area is 205 Å². The van der Waals surface area contributed by atoms with Crippen LogP contribution in [0.5, 0.6) is 0 Å². The van der Waals surface area contributed by atoms with E-state index in [1.165, 1.54) is 28.8 Å². The highest BCUT2D eigenvalue weighted by Crippen LogP contribution is 2.20. The molecule has 0 saturated carbocycles. The van der Waals surface area contributed by atoms with Gasteiger partial charge in [0.25, 0.3) is 0 Å². The van der Waals surface area contributed by atoms with Crippen molar-refractivity contribution in [2.45, 2.75) is 24.4 Å². The molecule has 32 heavy (non-hydrogen) atoms. The molecular weight excluding hydrogens is 463 g/mol. The topological polar surface area (TPSA) is 0 Å². The lowest BCUT2D eigenvalue weighted by Crippen LogP contribution is -2.49. The number of halogens is 2. The number of aryl methyl sites for hydroxylation is 1. The predicted octanol–water partition coefficient (Wildman–Crippen LogP) is 5.18. The van der Waals surface area contributed by atoms with E-state index in [-0.39, 0.29) is 0 Å². The highest BCUT2D eigenvalue weighted by molar-refractivity contribution is 6.93. The fraction of sp³-hybridized carbons (Fsp3) is 0.143. The van der Waals surface area contributed by atoms with Crippen molar-refractivity contribution in [1.29, 1.82) is 0 Å². The second-order valence-corrected chi connectivity index (χ2v) is 15.7. The van der Waals surface area contributed by atoms with Gasteiger partial charge in [0, 0.05) is 10.0 Å². The molecule has 0 heterocycles. The quantitative estimate of drug-likeness (QED) is 0.283. The Hall–Kier alpha value is -2.11. The number of benzene rings is 4. The first-order chi connectivity index (χ1) is 15.7. The van der Waals surface area contributed by atoms with Gasteiger partial charge in [-0.3, -0.25) is 0 Å². The minimum absolute atomic E-state index is 0.456. The van der Waals surface area contributed by atoms with Crippen LogP contribution in [0.1, 0.15) is 18.4 Å². The fourth-order valence-electron chi connectivity index (χ4n) is 4.59. The average molecular weight is 492 g/mol. The van der Waals surface area contributed by atoms with Gasteiger partial charge < -0.3 is 0 Å². The molecule has 0 aliphatic rings. The van der Waals surface area contributed by atoms with Gasteiger partial charge in [0.2, 0.25) is 0 Å². The lowest BCUT2D eigenvalue weighted by atomic mass is 10.1. The summed E-state index contributed by atoms with van der Waals surface area (Å²) in [7, 11) is -1.91. The molecule has 0 spiro atoms. The monoisotopic (exact) mass is 490 g/mol. The van der Waals surface area contributed by atoms with Crippen LogP contribution in [0.3, 0.4) is 0 Å².